The van der Waals surface area contributed by atoms with Crippen LogP contribution in [-0.2, 0) is 0 Å². The van der Waals surface area contributed by atoms with Crippen molar-refractivity contribution in [3.8, 4) is 0 Å². The van der Waals surface area contributed by atoms with Gasteiger partial charge in [-0.05, 0) is 11.5 Å². The van der Waals surface area contributed by atoms with Gasteiger partial charge in [0.05, 0.1) is 0 Å². The summed E-state index contributed by atoms with van der Waals surface area (Å²) in [6.07, 6.45) is 0. The highest BCUT2D eigenvalue weighted by Gasteiger charge is 2.18. The van der Waals surface area contributed by atoms with E-state index in [1.165, 1.54) is 0 Å². The molecule has 4 N–H and O–H groups in total. The predicted octanol–water partition coefficient (Wildman–Crippen LogP) is -1.89. The Morgan fingerprint density at radius 2 is 1.27 bits per heavy atom. The Bertz CT molecular complexity index is 136. The van der Waals surface area contributed by atoms with Crippen LogP contribution >= 0.6 is 9.32 Å². The van der Waals surface area contributed by atoms with Crippen molar-refractivity contribution >= 4 is 9.32 Å². The van der Waals surface area contributed by atoms with Gasteiger partial charge in [-0.15, -0.1) is 0 Å². The summed E-state index contributed by atoms with van der Waals surface area (Å²) in [4.78, 5) is 0. The lowest BCUT2D eigenvalue weighted by Crippen LogP contribution is -2.52. The smallest absolute Gasteiger partial charge is 0.0478 e. The molecule has 6 nitrogen and oxygen atoms in total. The Balaban J connectivity index is 4.54. The van der Waals surface area contributed by atoms with Gasteiger partial charge in [-0.2, -0.15) is 0 Å². The molecule has 11 heavy (non-hydrogen) atoms. The monoisotopic (exact) mass is 186 g/mol. The summed E-state index contributed by atoms with van der Waals surface area (Å²) in [7, 11) is -6.34. The van der Waals surface area contributed by atoms with Crippen molar-refractivity contribution in [1.82, 2.24) is 0 Å². The minimum atomic E-state index is -6.34. The predicted molar refractivity (Wildman–Crippen MR) is 38.0 cm³/mol. The van der Waals surface area contributed by atoms with E-state index in [0.29, 0.717) is 0 Å². The molecule has 0 saturated carbocycles. The maximum absolute atomic E-state index is 10.9. The van der Waals surface area contributed by atoms with Crippen LogP contribution in [-0.4, -0.2) is 48.6 Å². The van der Waals surface area contributed by atoms with Gasteiger partial charge in [-0.25, -0.2) is 0 Å². The molecule has 0 saturated heterocycles. The highest BCUT2D eigenvalue weighted by Crippen LogP contribution is 2.70. The van der Waals surface area contributed by atoms with Crippen LogP contribution in [0.5, 0.6) is 0 Å². The molecule has 0 aromatic rings. The summed E-state index contributed by atoms with van der Waals surface area (Å²) in [6.45, 7) is -1.68. The van der Waals surface area contributed by atoms with E-state index in [2.05, 4.69) is 5.14 Å². The number of hydrogen-bond acceptors (Lipinski definition) is 6. The largest absolute Gasteiger partial charge is 0.832 e. The first-order valence-corrected chi connectivity index (χ1v) is 5.57. The first kappa shape index (κ1) is 11.1. The van der Waals surface area contributed by atoms with Crippen LogP contribution in [0, 0.1) is 0 Å². The molecule has 0 aliphatic heterocycles. The highest BCUT2D eigenvalue weighted by molar-refractivity contribution is 8.50. The molecule has 0 rings (SSSR count). The number of sulfonamides is 6. The Morgan fingerprint density at radius 1 is 1.00 bits per heavy atom. The number of aliphatic hydroxyl groups excluding tert-OH is 2. The van der Waals surface area contributed by atoms with E-state index in [4.69, 9.17) is 10.2 Å². The molecule has 0 atom stereocenters. The minimum absolute atomic E-state index is 0.839. The zero-order chi connectivity index (χ0) is 9.24. The first-order chi connectivity index (χ1) is 4.62. The molecule has 0 bridgehead atoms. The van der Waals surface area contributed by atoms with E-state index in [1.807, 2.05) is 0 Å². The maximum Gasteiger partial charge on any atom is 0.0478 e. The van der Waals surface area contributed by atoms with Crippen LogP contribution < -0.4 is 5.14 Å². The molecular weight excluding hydrogens is 174 g/mol. The minimum Gasteiger partial charge on any atom is -0.832 e. The second-order valence-electron chi connectivity index (χ2n) is 2.59. The van der Waals surface area contributed by atoms with E-state index in [-0.39, 0.29) is 0 Å². The summed E-state index contributed by atoms with van der Waals surface area (Å²) in [5.41, 5.74) is 0. The molecule has 0 heterocycles. The number of hydrogen-bond donors (Lipinski definition) is 3. The molecule has 0 spiro atoms. The van der Waals surface area contributed by atoms with Crippen molar-refractivity contribution in [1.29, 1.82) is 0 Å². The van der Waals surface area contributed by atoms with Crippen molar-refractivity contribution in [2.75, 3.05) is 24.7 Å². The molecule has 72 valence electrons. The number of sulfone groups is 3. The summed E-state index contributed by atoms with van der Waals surface area (Å²) in [5.74, 6) is -2.14. The zero-order valence-corrected chi connectivity index (χ0v) is 6.75. The average Bonchev–Trinajstić information content (AvgIpc) is 1.59. The van der Waals surface area contributed by atoms with Gasteiger partial charge in [0.25, 0.3) is 0 Å². The Hall–Kier alpha value is 0.110. The number of primary sulfonamides is 6. The van der Waals surface area contributed by atoms with Gasteiger partial charge >= 0.3 is 0 Å². The maximum atomic E-state index is 10.9. The van der Waals surface area contributed by atoms with Gasteiger partial charge < -0.3 is 38.3 Å². The van der Waals surface area contributed by atoms with Gasteiger partial charge in [0.15, 0.2) is 0 Å². The van der Waals surface area contributed by atoms with Crippen molar-refractivity contribution in [3.63, 3.8) is 0 Å². The van der Waals surface area contributed by atoms with Gasteiger partial charge in [0.2, 0.25) is 0 Å². The van der Waals surface area contributed by atoms with Gasteiger partial charge in [-0.1, -0.05) is 0 Å². The van der Waals surface area contributed by atoms with Gasteiger partial charge in [0.1, 0.15) is 0 Å². The molecule has 0 amide bonds. The fourth-order valence-electron chi connectivity index (χ4n) is 0.560. The first-order valence-electron chi connectivity index (χ1n) is 2.95. The van der Waals surface area contributed by atoms with E-state index in [9.17, 15) is 13.7 Å². The van der Waals surface area contributed by atoms with Gasteiger partial charge in [0, 0.05) is 13.2 Å². The van der Waals surface area contributed by atoms with Gasteiger partial charge in [-0.3, -0.25) is 0 Å². The van der Waals surface area contributed by atoms with Crippen molar-refractivity contribution in [2.24, 2.45) is 5.14 Å². The number of aliphatic hydroxyl groups is 2. The van der Waals surface area contributed by atoms with Crippen molar-refractivity contribution in [3.05, 3.63) is 0 Å². The Kier molecular flexibility index (Phi) is 2.32. The summed E-state index contributed by atoms with van der Waals surface area (Å²) in [6, 6.07) is 0. The van der Waals surface area contributed by atoms with E-state index < -0.39 is 34.0 Å². The second kappa shape index (κ2) is 2.30. The molecule has 7 heteroatoms. The third-order valence-electron chi connectivity index (χ3n) is 1.21. The highest BCUT2D eigenvalue weighted by atomic mass is 32.4. The van der Waals surface area contributed by atoms with Crippen molar-refractivity contribution < 1.29 is 23.9 Å². The Morgan fingerprint density at radius 3 is 1.45 bits per heavy atom. The molecule has 0 aromatic carbocycles. The lowest BCUT2D eigenvalue weighted by atomic mass is 10.9. The van der Waals surface area contributed by atoms with Crippen LogP contribution in [0.4, 0.5) is 0 Å². The fraction of sp³-hybridized carbons (Fsp3) is 1.00. The summed E-state index contributed by atoms with van der Waals surface area (Å²) in [5, 5.41) is 21.0. The van der Waals surface area contributed by atoms with E-state index >= 15 is 0 Å². The topological polar surface area (TPSA) is 136 Å². The van der Waals surface area contributed by atoms with Crippen LogP contribution in [0.15, 0.2) is 0 Å². The molecule has 0 radical (unpaired) electrons. The lowest BCUT2D eigenvalue weighted by Gasteiger charge is -2.99. The fourth-order valence-corrected chi connectivity index (χ4v) is 1.68. The summed E-state index contributed by atoms with van der Waals surface area (Å²) < 4.78 is 32.8. The SMILES string of the molecule is NS([O-])([O-])([O-])(CCO)CCO. The normalized spacial score (nSPS) is 19.1. The molecule has 0 aromatic heterocycles. The van der Waals surface area contributed by atoms with Crippen molar-refractivity contribution in [2.45, 2.75) is 0 Å². The Labute approximate surface area is 63.9 Å². The van der Waals surface area contributed by atoms with Crippen LogP contribution in [0.1, 0.15) is 0 Å². The number of nitrogens with two attached hydrogens (primary N) is 1. The molecular formula is C4H12NO5S-3. The standard InChI is InChI=1S/C4H15NO5S/c5-11(8,9,10,3-1-6)4-2-7/h6-10H,1-5H2/p-3. The van der Waals surface area contributed by atoms with Crippen LogP contribution in [0.25, 0.3) is 0 Å². The van der Waals surface area contributed by atoms with Crippen LogP contribution in [0.2, 0.25) is 0 Å². The van der Waals surface area contributed by atoms with E-state index in [0.717, 1.165) is 0 Å². The number of rotatable bonds is 4. The zero-order valence-electron chi connectivity index (χ0n) is 5.93. The summed E-state index contributed by atoms with van der Waals surface area (Å²) >= 11 is 0. The average molecular weight is 186 g/mol. The lowest BCUT2D eigenvalue weighted by molar-refractivity contribution is 0.227. The molecule has 0 aliphatic rings. The third kappa shape index (κ3) is 4.53. The van der Waals surface area contributed by atoms with E-state index in [1.54, 1.807) is 0 Å². The van der Waals surface area contributed by atoms with Crippen LogP contribution in [0.3, 0.4) is 0 Å². The molecule has 0 unspecified atom stereocenters. The quantitative estimate of drug-likeness (QED) is 0.469. The molecule has 0 fully saturated rings. The second-order valence-corrected chi connectivity index (χ2v) is 6.88. The third-order valence-corrected chi connectivity index (χ3v) is 3.62. The molecule has 0 aliphatic carbocycles.